The van der Waals surface area contributed by atoms with Crippen molar-refractivity contribution in [3.8, 4) is 0 Å². The van der Waals surface area contributed by atoms with Gasteiger partial charge in [-0.3, -0.25) is 0 Å². The summed E-state index contributed by atoms with van der Waals surface area (Å²) in [5.74, 6) is 0. The molecular formula is C17H34N2O3. The molecule has 0 aromatic carbocycles. The quantitative estimate of drug-likeness (QED) is 0.847. The second kappa shape index (κ2) is 7.64. The van der Waals surface area contributed by atoms with E-state index in [0.717, 1.165) is 32.4 Å². The lowest BCUT2D eigenvalue weighted by Gasteiger charge is -2.40. The van der Waals surface area contributed by atoms with Crippen molar-refractivity contribution in [1.82, 2.24) is 10.2 Å². The van der Waals surface area contributed by atoms with E-state index in [2.05, 4.69) is 26.1 Å². The molecule has 5 nitrogen and oxygen atoms in total. The summed E-state index contributed by atoms with van der Waals surface area (Å²) in [5, 5.41) is 3.58. The van der Waals surface area contributed by atoms with Crippen molar-refractivity contribution >= 4 is 6.09 Å². The third kappa shape index (κ3) is 6.13. The highest BCUT2D eigenvalue weighted by molar-refractivity contribution is 5.68. The molecule has 0 radical (unpaired) electrons. The minimum absolute atomic E-state index is 0.115. The van der Waals surface area contributed by atoms with Crippen LogP contribution in [-0.4, -0.2) is 54.5 Å². The van der Waals surface area contributed by atoms with E-state index >= 15 is 0 Å². The second-order valence-electron chi connectivity index (χ2n) is 7.83. The van der Waals surface area contributed by atoms with Crippen LogP contribution in [0.1, 0.15) is 60.8 Å². The fourth-order valence-corrected chi connectivity index (χ4v) is 2.65. The minimum atomic E-state index is -0.445. The Kier molecular flexibility index (Phi) is 6.68. The van der Waals surface area contributed by atoms with Crippen LogP contribution < -0.4 is 5.32 Å². The SMILES string of the molecule is COC(C)(C)CCNC1CCCN(C(=O)OC(C)(C)C)C1C. The number of hydrogen-bond acceptors (Lipinski definition) is 4. The summed E-state index contributed by atoms with van der Waals surface area (Å²) in [7, 11) is 1.74. The third-order valence-electron chi connectivity index (χ3n) is 4.30. The van der Waals surface area contributed by atoms with Gasteiger partial charge in [-0.15, -0.1) is 0 Å². The smallest absolute Gasteiger partial charge is 0.410 e. The van der Waals surface area contributed by atoms with Gasteiger partial charge < -0.3 is 19.7 Å². The minimum Gasteiger partial charge on any atom is -0.444 e. The molecule has 0 saturated carbocycles. The first-order valence-electron chi connectivity index (χ1n) is 8.34. The molecule has 130 valence electrons. The first kappa shape index (κ1) is 19.2. The van der Waals surface area contributed by atoms with Crippen molar-refractivity contribution in [2.24, 2.45) is 0 Å². The maximum absolute atomic E-state index is 12.3. The van der Waals surface area contributed by atoms with Gasteiger partial charge in [0.1, 0.15) is 5.60 Å². The van der Waals surface area contributed by atoms with Gasteiger partial charge in [-0.05, 0) is 67.3 Å². The van der Waals surface area contributed by atoms with Gasteiger partial charge in [0, 0.05) is 25.7 Å². The van der Waals surface area contributed by atoms with Crippen molar-refractivity contribution in [2.45, 2.75) is 84.1 Å². The molecule has 1 heterocycles. The van der Waals surface area contributed by atoms with E-state index in [1.165, 1.54) is 0 Å². The van der Waals surface area contributed by atoms with E-state index in [0.29, 0.717) is 6.04 Å². The number of carbonyl (C=O) groups excluding carboxylic acids is 1. The average molecular weight is 314 g/mol. The van der Waals surface area contributed by atoms with Crippen LogP contribution in [0, 0.1) is 0 Å². The summed E-state index contributed by atoms with van der Waals surface area (Å²) >= 11 is 0. The maximum Gasteiger partial charge on any atom is 0.410 e. The molecule has 1 aliphatic heterocycles. The van der Waals surface area contributed by atoms with E-state index in [4.69, 9.17) is 9.47 Å². The summed E-state index contributed by atoms with van der Waals surface area (Å²) in [5.41, 5.74) is -0.560. The van der Waals surface area contributed by atoms with Gasteiger partial charge in [-0.25, -0.2) is 4.79 Å². The molecule has 0 aromatic heterocycles. The molecule has 2 atom stereocenters. The Bertz CT molecular complexity index is 363. The van der Waals surface area contributed by atoms with E-state index in [-0.39, 0.29) is 17.7 Å². The van der Waals surface area contributed by atoms with Gasteiger partial charge in [0.2, 0.25) is 0 Å². The summed E-state index contributed by atoms with van der Waals surface area (Å²) in [4.78, 5) is 14.2. The number of carbonyl (C=O) groups is 1. The van der Waals surface area contributed by atoms with E-state index in [9.17, 15) is 4.79 Å². The molecule has 1 rings (SSSR count). The van der Waals surface area contributed by atoms with Gasteiger partial charge in [0.05, 0.1) is 5.60 Å². The van der Waals surface area contributed by atoms with Crippen LogP contribution in [0.2, 0.25) is 0 Å². The Morgan fingerprint density at radius 3 is 2.45 bits per heavy atom. The predicted molar refractivity (Wildman–Crippen MR) is 89.1 cm³/mol. The highest BCUT2D eigenvalue weighted by Gasteiger charge is 2.33. The molecule has 22 heavy (non-hydrogen) atoms. The molecular weight excluding hydrogens is 280 g/mol. The predicted octanol–water partition coefficient (Wildman–Crippen LogP) is 3.18. The van der Waals surface area contributed by atoms with Gasteiger partial charge in [-0.2, -0.15) is 0 Å². The van der Waals surface area contributed by atoms with Crippen LogP contribution in [0.5, 0.6) is 0 Å². The first-order chi connectivity index (χ1) is 10.1. The number of methoxy groups -OCH3 is 1. The number of piperidine rings is 1. The molecule has 0 bridgehead atoms. The monoisotopic (exact) mass is 314 g/mol. The highest BCUT2D eigenvalue weighted by atomic mass is 16.6. The normalized spacial score (nSPS) is 23.5. The van der Waals surface area contributed by atoms with Gasteiger partial charge in [0.25, 0.3) is 0 Å². The zero-order chi connectivity index (χ0) is 17.0. The van der Waals surface area contributed by atoms with Crippen LogP contribution >= 0.6 is 0 Å². The van der Waals surface area contributed by atoms with Crippen LogP contribution in [0.25, 0.3) is 0 Å². The first-order valence-corrected chi connectivity index (χ1v) is 8.34. The summed E-state index contributed by atoms with van der Waals surface area (Å²) < 4.78 is 11.0. The van der Waals surface area contributed by atoms with Crippen molar-refractivity contribution in [3.63, 3.8) is 0 Å². The van der Waals surface area contributed by atoms with Crippen molar-refractivity contribution < 1.29 is 14.3 Å². The van der Waals surface area contributed by atoms with E-state index in [1.54, 1.807) is 7.11 Å². The molecule has 1 fully saturated rings. The summed E-state index contributed by atoms with van der Waals surface area (Å²) in [6.45, 7) is 13.7. The molecule has 0 aliphatic carbocycles. The highest BCUT2D eigenvalue weighted by Crippen LogP contribution is 2.21. The largest absolute Gasteiger partial charge is 0.444 e. The van der Waals surface area contributed by atoms with Crippen molar-refractivity contribution in [1.29, 1.82) is 0 Å². The van der Waals surface area contributed by atoms with Crippen LogP contribution in [0.4, 0.5) is 4.79 Å². The summed E-state index contributed by atoms with van der Waals surface area (Å²) in [6.07, 6.45) is 2.84. The van der Waals surface area contributed by atoms with E-state index in [1.807, 2.05) is 25.7 Å². The van der Waals surface area contributed by atoms with E-state index < -0.39 is 5.60 Å². The fourth-order valence-electron chi connectivity index (χ4n) is 2.65. The Morgan fingerprint density at radius 2 is 1.91 bits per heavy atom. The molecule has 1 amide bonds. The van der Waals surface area contributed by atoms with Crippen LogP contribution in [0.15, 0.2) is 0 Å². The fraction of sp³-hybridized carbons (Fsp3) is 0.941. The zero-order valence-electron chi connectivity index (χ0n) is 15.4. The number of amides is 1. The molecule has 5 heteroatoms. The van der Waals surface area contributed by atoms with Crippen molar-refractivity contribution in [2.75, 3.05) is 20.2 Å². The van der Waals surface area contributed by atoms with Gasteiger partial charge in [-0.1, -0.05) is 0 Å². The molecule has 1 N–H and O–H groups in total. The third-order valence-corrected chi connectivity index (χ3v) is 4.30. The standard InChI is InChI=1S/C17H34N2O3/c1-13-14(18-11-10-17(5,6)21-7)9-8-12-19(13)15(20)22-16(2,3)4/h13-14,18H,8-12H2,1-7H3. The Labute approximate surface area is 135 Å². The Hall–Kier alpha value is -0.810. The topological polar surface area (TPSA) is 50.8 Å². The molecule has 2 unspecified atom stereocenters. The summed E-state index contributed by atoms with van der Waals surface area (Å²) in [6, 6.07) is 0.461. The van der Waals surface area contributed by atoms with Crippen LogP contribution in [0.3, 0.4) is 0 Å². The molecule has 0 aromatic rings. The lowest BCUT2D eigenvalue weighted by molar-refractivity contribution is 0.00296. The van der Waals surface area contributed by atoms with Gasteiger partial charge >= 0.3 is 6.09 Å². The molecule has 1 saturated heterocycles. The number of hydrogen-bond donors (Lipinski definition) is 1. The number of nitrogens with zero attached hydrogens (tertiary/aromatic N) is 1. The zero-order valence-corrected chi connectivity index (χ0v) is 15.4. The number of likely N-dealkylation sites (tertiary alicyclic amines) is 1. The average Bonchev–Trinajstić information content (AvgIpc) is 2.38. The molecule has 0 spiro atoms. The number of ether oxygens (including phenoxy) is 2. The number of rotatable bonds is 5. The second-order valence-corrected chi connectivity index (χ2v) is 7.83. The molecule has 1 aliphatic rings. The van der Waals surface area contributed by atoms with Crippen molar-refractivity contribution in [3.05, 3.63) is 0 Å². The lowest BCUT2D eigenvalue weighted by atomic mass is 9.97. The van der Waals surface area contributed by atoms with Crippen LogP contribution in [-0.2, 0) is 9.47 Å². The van der Waals surface area contributed by atoms with Gasteiger partial charge in [0.15, 0.2) is 0 Å². The Morgan fingerprint density at radius 1 is 1.27 bits per heavy atom. The Balaban J connectivity index is 2.51. The maximum atomic E-state index is 12.3. The number of nitrogens with one attached hydrogen (secondary N) is 1. The lowest BCUT2D eigenvalue weighted by Crippen LogP contribution is -2.55.